The summed E-state index contributed by atoms with van der Waals surface area (Å²) in [7, 11) is 0. The topological polar surface area (TPSA) is 67.8 Å². The van der Waals surface area contributed by atoms with Gasteiger partial charge >= 0.3 is 5.97 Å². The molecular weight excluding hydrogens is 469 g/mol. The number of benzene rings is 3. The van der Waals surface area contributed by atoms with Crippen LogP contribution in [0.1, 0.15) is 68.3 Å². The van der Waals surface area contributed by atoms with Gasteiger partial charge in [0.1, 0.15) is 23.9 Å². The summed E-state index contributed by atoms with van der Waals surface area (Å²) in [6, 6.07) is 15.7. The Hall–Kier alpha value is -3.54. The Morgan fingerprint density at radius 2 is 1.84 bits per heavy atom. The number of hydrogen-bond donors (Lipinski definition) is 2. The van der Waals surface area contributed by atoms with E-state index in [9.17, 15) is 9.18 Å². The Morgan fingerprint density at radius 1 is 1.08 bits per heavy atom. The molecule has 0 saturated heterocycles. The predicted molar refractivity (Wildman–Crippen MR) is 145 cm³/mol. The van der Waals surface area contributed by atoms with Gasteiger partial charge in [0.25, 0.3) is 0 Å². The second-order valence-corrected chi connectivity index (χ2v) is 9.49. The number of unbranched alkanes of at least 4 members (excludes halogenated alkanes) is 1. The lowest BCUT2D eigenvalue weighted by Gasteiger charge is -2.29. The molecule has 4 rings (SSSR count). The fraction of sp³-hybridized carbons (Fsp3) is 0.387. The highest BCUT2D eigenvalue weighted by molar-refractivity contribution is 5.74. The van der Waals surface area contributed by atoms with Crippen molar-refractivity contribution in [2.24, 2.45) is 0 Å². The van der Waals surface area contributed by atoms with Crippen LogP contribution in [-0.4, -0.2) is 24.3 Å². The van der Waals surface area contributed by atoms with E-state index in [1.807, 2.05) is 0 Å². The number of anilines is 1. The van der Waals surface area contributed by atoms with Crippen LogP contribution in [0.25, 0.3) is 11.1 Å². The SMILES string of the molecule is CCCCOc1cc(CC)c(-c2cccc(C3COc4cc(CCC(=O)O)c(F)cc4N3)c2)c(CC)c1. The number of nitrogens with one attached hydrogen (secondary N) is 1. The Morgan fingerprint density at radius 3 is 2.51 bits per heavy atom. The number of ether oxygens (including phenoxy) is 2. The molecule has 3 aromatic carbocycles. The van der Waals surface area contributed by atoms with E-state index in [-0.39, 0.29) is 18.9 Å². The molecule has 0 amide bonds. The summed E-state index contributed by atoms with van der Waals surface area (Å²) in [6.07, 6.45) is 3.96. The maximum atomic E-state index is 14.6. The van der Waals surface area contributed by atoms with Gasteiger partial charge in [-0.3, -0.25) is 4.79 Å². The fourth-order valence-electron chi connectivity index (χ4n) is 4.84. The molecule has 0 aliphatic carbocycles. The lowest BCUT2D eigenvalue weighted by molar-refractivity contribution is -0.136. The number of hydrogen-bond acceptors (Lipinski definition) is 4. The van der Waals surface area contributed by atoms with E-state index < -0.39 is 11.8 Å². The lowest BCUT2D eigenvalue weighted by atomic mass is 9.89. The largest absolute Gasteiger partial charge is 0.494 e. The van der Waals surface area contributed by atoms with Crippen molar-refractivity contribution in [3.8, 4) is 22.6 Å². The van der Waals surface area contributed by atoms with Crippen molar-refractivity contribution >= 4 is 11.7 Å². The van der Waals surface area contributed by atoms with Gasteiger partial charge in [0, 0.05) is 12.5 Å². The molecule has 1 aliphatic rings. The van der Waals surface area contributed by atoms with Crippen LogP contribution >= 0.6 is 0 Å². The van der Waals surface area contributed by atoms with E-state index >= 15 is 0 Å². The highest BCUT2D eigenvalue weighted by Gasteiger charge is 2.23. The van der Waals surface area contributed by atoms with Gasteiger partial charge in [0.05, 0.1) is 18.3 Å². The number of carboxylic acids is 1. The summed E-state index contributed by atoms with van der Waals surface area (Å²) in [5.41, 5.74) is 6.91. The molecule has 2 N–H and O–H groups in total. The van der Waals surface area contributed by atoms with Crippen molar-refractivity contribution in [3.63, 3.8) is 0 Å². The van der Waals surface area contributed by atoms with Crippen molar-refractivity contribution in [3.05, 3.63) is 76.6 Å². The Balaban J connectivity index is 1.60. The van der Waals surface area contributed by atoms with Gasteiger partial charge in [-0.25, -0.2) is 4.39 Å². The van der Waals surface area contributed by atoms with Gasteiger partial charge < -0.3 is 19.9 Å². The van der Waals surface area contributed by atoms with Crippen molar-refractivity contribution in [2.45, 2.75) is 65.3 Å². The molecule has 0 spiro atoms. The van der Waals surface area contributed by atoms with Gasteiger partial charge in [-0.1, -0.05) is 45.4 Å². The van der Waals surface area contributed by atoms with Crippen LogP contribution in [0, 0.1) is 5.82 Å². The first-order chi connectivity index (χ1) is 17.9. The highest BCUT2D eigenvalue weighted by atomic mass is 19.1. The molecule has 6 heteroatoms. The predicted octanol–water partition coefficient (Wildman–Crippen LogP) is 7.36. The summed E-state index contributed by atoms with van der Waals surface area (Å²) < 4.78 is 26.7. The molecule has 3 aromatic rings. The van der Waals surface area contributed by atoms with E-state index in [4.69, 9.17) is 14.6 Å². The van der Waals surface area contributed by atoms with E-state index in [1.54, 1.807) is 6.07 Å². The maximum absolute atomic E-state index is 14.6. The number of aryl methyl sites for hydroxylation is 3. The third-order valence-corrected chi connectivity index (χ3v) is 6.87. The summed E-state index contributed by atoms with van der Waals surface area (Å²) in [5, 5.41) is 12.3. The summed E-state index contributed by atoms with van der Waals surface area (Å²) >= 11 is 0. The fourth-order valence-corrected chi connectivity index (χ4v) is 4.84. The molecule has 5 nitrogen and oxygen atoms in total. The molecule has 1 atom stereocenters. The highest BCUT2D eigenvalue weighted by Crippen LogP contribution is 2.38. The third kappa shape index (κ3) is 6.24. The van der Waals surface area contributed by atoms with Gasteiger partial charge in [0.15, 0.2) is 0 Å². The number of fused-ring (bicyclic) bond motifs is 1. The molecule has 1 heterocycles. The molecule has 0 aromatic heterocycles. The number of aliphatic carboxylic acids is 1. The molecule has 196 valence electrons. The van der Waals surface area contributed by atoms with Gasteiger partial charge in [-0.15, -0.1) is 0 Å². The molecule has 0 radical (unpaired) electrons. The zero-order valence-electron chi connectivity index (χ0n) is 21.9. The average Bonchev–Trinajstić information content (AvgIpc) is 2.91. The van der Waals surface area contributed by atoms with E-state index in [1.165, 1.54) is 22.8 Å². The molecule has 0 fully saturated rings. The van der Waals surface area contributed by atoms with Crippen molar-refractivity contribution in [1.82, 2.24) is 0 Å². The van der Waals surface area contributed by atoms with E-state index in [0.717, 1.165) is 49.2 Å². The minimum Gasteiger partial charge on any atom is -0.494 e. The van der Waals surface area contributed by atoms with Gasteiger partial charge in [-0.2, -0.15) is 0 Å². The van der Waals surface area contributed by atoms with Crippen molar-refractivity contribution < 1.29 is 23.8 Å². The standard InChI is InChI=1S/C31H36FNO4/c1-4-7-13-36-25-15-20(5-2)31(21(6-3)16-25)24-10-8-9-23(14-24)28-19-37-29-17-22(11-12-30(34)35)26(32)18-27(29)33-28/h8-10,14-18,28,33H,4-7,11-13,19H2,1-3H3,(H,34,35). The number of rotatable bonds is 11. The van der Waals surface area contributed by atoms with Crippen molar-refractivity contribution in [1.29, 1.82) is 0 Å². The number of carboxylic acid groups (broad SMARTS) is 1. The average molecular weight is 506 g/mol. The summed E-state index contributed by atoms with van der Waals surface area (Å²) in [6.45, 7) is 7.63. The zero-order valence-corrected chi connectivity index (χ0v) is 21.9. The van der Waals surface area contributed by atoms with Crippen LogP contribution in [0.15, 0.2) is 48.5 Å². The lowest BCUT2D eigenvalue weighted by Crippen LogP contribution is -2.24. The first kappa shape index (κ1) is 26.5. The van der Waals surface area contributed by atoms with Crippen LogP contribution in [0.4, 0.5) is 10.1 Å². The summed E-state index contributed by atoms with van der Waals surface area (Å²) in [4.78, 5) is 10.9. The second-order valence-electron chi connectivity index (χ2n) is 9.49. The van der Waals surface area contributed by atoms with Crippen LogP contribution in [0.3, 0.4) is 0 Å². The van der Waals surface area contributed by atoms with E-state index in [2.05, 4.69) is 62.5 Å². The quantitative estimate of drug-likeness (QED) is 0.267. The van der Waals surface area contributed by atoms with Crippen LogP contribution < -0.4 is 14.8 Å². The summed E-state index contributed by atoms with van der Waals surface area (Å²) in [5.74, 6) is 0.110. The first-order valence-corrected chi connectivity index (χ1v) is 13.3. The smallest absolute Gasteiger partial charge is 0.303 e. The van der Waals surface area contributed by atoms with Gasteiger partial charge in [-0.05, 0) is 83.3 Å². The number of carbonyl (C=O) groups is 1. The number of halogens is 1. The second kappa shape index (κ2) is 12.1. The molecular formula is C31H36FNO4. The minimum absolute atomic E-state index is 0.121. The molecule has 1 unspecified atom stereocenters. The van der Waals surface area contributed by atoms with Crippen LogP contribution in [0.5, 0.6) is 11.5 Å². The first-order valence-electron chi connectivity index (χ1n) is 13.3. The Kier molecular flexibility index (Phi) is 8.70. The van der Waals surface area contributed by atoms with Gasteiger partial charge in [0.2, 0.25) is 0 Å². The minimum atomic E-state index is -0.952. The molecule has 1 aliphatic heterocycles. The molecule has 0 saturated carbocycles. The zero-order chi connectivity index (χ0) is 26.4. The molecule has 37 heavy (non-hydrogen) atoms. The monoisotopic (exact) mass is 505 g/mol. The van der Waals surface area contributed by atoms with Crippen LogP contribution in [0.2, 0.25) is 0 Å². The van der Waals surface area contributed by atoms with Crippen LogP contribution in [-0.2, 0) is 24.1 Å². The maximum Gasteiger partial charge on any atom is 0.303 e. The Labute approximate surface area is 218 Å². The molecule has 0 bridgehead atoms. The third-order valence-electron chi connectivity index (χ3n) is 6.87. The van der Waals surface area contributed by atoms with Crippen molar-refractivity contribution in [2.75, 3.05) is 18.5 Å². The van der Waals surface area contributed by atoms with E-state index in [0.29, 0.717) is 23.6 Å². The normalized spacial score (nSPS) is 14.4. The Bertz CT molecular complexity index is 1230.